The van der Waals surface area contributed by atoms with Crippen molar-refractivity contribution in [3.05, 3.63) is 83.7 Å². The molecule has 1 amide bonds. The lowest BCUT2D eigenvalue weighted by atomic mass is 10.1. The molecule has 0 heterocycles. The second kappa shape index (κ2) is 8.32. The number of methoxy groups -OCH3 is 1. The minimum atomic E-state index is -3.92. The van der Waals surface area contributed by atoms with Gasteiger partial charge in [0.05, 0.1) is 12.0 Å². The van der Waals surface area contributed by atoms with E-state index in [4.69, 9.17) is 4.74 Å². The van der Waals surface area contributed by atoms with E-state index >= 15 is 0 Å². The lowest BCUT2D eigenvalue weighted by Gasteiger charge is -2.12. The van der Waals surface area contributed by atoms with E-state index in [1.54, 1.807) is 37.3 Å². The Bertz CT molecular complexity index is 1130. The van der Waals surface area contributed by atoms with Crippen molar-refractivity contribution >= 4 is 27.3 Å². The number of hydrogen-bond donors (Lipinski definition) is 2. The molecule has 0 aliphatic heterocycles. The molecule has 0 saturated heterocycles. The molecule has 0 unspecified atom stereocenters. The standard InChI is InChI=1S/C21H19FN2O4S/c1-14-3-4-15(21(25)23-17-7-5-16(22)6-8-17)13-20(14)29(26,27)24-18-9-11-19(28-2)12-10-18/h3-13,24H,1-2H3,(H,23,25). The van der Waals surface area contributed by atoms with Crippen LogP contribution in [0.5, 0.6) is 5.75 Å². The van der Waals surface area contributed by atoms with Crippen LogP contribution in [-0.4, -0.2) is 21.4 Å². The van der Waals surface area contributed by atoms with Crippen molar-refractivity contribution in [2.75, 3.05) is 17.1 Å². The number of amides is 1. The third-order valence-corrected chi connectivity index (χ3v) is 5.71. The molecule has 0 radical (unpaired) electrons. The van der Waals surface area contributed by atoms with Gasteiger partial charge in [-0.1, -0.05) is 6.07 Å². The molecule has 8 heteroatoms. The van der Waals surface area contributed by atoms with Gasteiger partial charge in [-0.3, -0.25) is 9.52 Å². The minimum absolute atomic E-state index is 0.0138. The fraction of sp³-hybridized carbons (Fsp3) is 0.0952. The second-order valence-corrected chi connectivity index (χ2v) is 7.93. The van der Waals surface area contributed by atoms with E-state index in [1.165, 1.54) is 43.5 Å². The number of ether oxygens (including phenoxy) is 1. The Kier molecular flexibility index (Phi) is 5.84. The molecule has 0 bridgehead atoms. The highest BCUT2D eigenvalue weighted by molar-refractivity contribution is 7.92. The molecule has 6 nitrogen and oxygen atoms in total. The largest absolute Gasteiger partial charge is 0.497 e. The lowest BCUT2D eigenvalue weighted by molar-refractivity contribution is 0.102. The maximum Gasteiger partial charge on any atom is 0.262 e. The zero-order valence-corrected chi connectivity index (χ0v) is 16.6. The number of aryl methyl sites for hydroxylation is 1. The quantitative estimate of drug-likeness (QED) is 0.633. The number of anilines is 2. The highest BCUT2D eigenvalue weighted by Gasteiger charge is 2.19. The van der Waals surface area contributed by atoms with Crippen molar-refractivity contribution in [3.8, 4) is 5.75 Å². The van der Waals surface area contributed by atoms with Crippen LogP contribution in [0.4, 0.5) is 15.8 Å². The molecule has 0 aromatic heterocycles. The van der Waals surface area contributed by atoms with Gasteiger partial charge in [-0.25, -0.2) is 12.8 Å². The molecular weight excluding hydrogens is 395 g/mol. The highest BCUT2D eigenvalue weighted by Crippen LogP contribution is 2.23. The maximum absolute atomic E-state index is 13.0. The average Bonchev–Trinajstić information content (AvgIpc) is 2.70. The molecule has 2 N–H and O–H groups in total. The molecule has 0 saturated carbocycles. The Labute approximate surface area is 168 Å². The van der Waals surface area contributed by atoms with Crippen molar-refractivity contribution in [2.24, 2.45) is 0 Å². The fourth-order valence-electron chi connectivity index (χ4n) is 2.64. The normalized spacial score (nSPS) is 11.0. The summed E-state index contributed by atoms with van der Waals surface area (Å²) in [6.45, 7) is 1.64. The summed E-state index contributed by atoms with van der Waals surface area (Å²) < 4.78 is 46.2. The number of nitrogens with one attached hydrogen (secondary N) is 2. The molecule has 0 fully saturated rings. The maximum atomic E-state index is 13.0. The summed E-state index contributed by atoms with van der Waals surface area (Å²) in [7, 11) is -2.40. The summed E-state index contributed by atoms with van der Waals surface area (Å²) in [4.78, 5) is 12.5. The van der Waals surface area contributed by atoms with E-state index in [9.17, 15) is 17.6 Å². The van der Waals surface area contributed by atoms with Gasteiger partial charge >= 0.3 is 0 Å². The molecule has 0 aliphatic carbocycles. The first-order valence-electron chi connectivity index (χ1n) is 8.63. The lowest BCUT2D eigenvalue weighted by Crippen LogP contribution is -2.17. The van der Waals surface area contributed by atoms with Crippen LogP contribution in [0.3, 0.4) is 0 Å². The highest BCUT2D eigenvalue weighted by atomic mass is 32.2. The molecule has 29 heavy (non-hydrogen) atoms. The minimum Gasteiger partial charge on any atom is -0.497 e. The monoisotopic (exact) mass is 414 g/mol. The van der Waals surface area contributed by atoms with Gasteiger partial charge in [0.2, 0.25) is 0 Å². The van der Waals surface area contributed by atoms with Crippen LogP contribution >= 0.6 is 0 Å². The Morgan fingerprint density at radius 1 is 0.931 bits per heavy atom. The molecular formula is C21H19FN2O4S. The molecule has 3 rings (SSSR count). The van der Waals surface area contributed by atoms with Crippen LogP contribution < -0.4 is 14.8 Å². The third-order valence-electron chi connectivity index (χ3n) is 4.18. The number of carbonyl (C=O) groups excluding carboxylic acids is 1. The summed E-state index contributed by atoms with van der Waals surface area (Å²) in [5.74, 6) is -0.322. The first kappa shape index (κ1) is 20.3. The van der Waals surface area contributed by atoms with Crippen molar-refractivity contribution in [3.63, 3.8) is 0 Å². The Hall–Kier alpha value is -3.39. The van der Waals surface area contributed by atoms with Gasteiger partial charge in [-0.15, -0.1) is 0 Å². The molecule has 0 spiro atoms. The van der Waals surface area contributed by atoms with Crippen molar-refractivity contribution in [2.45, 2.75) is 11.8 Å². The summed E-state index contributed by atoms with van der Waals surface area (Å²) >= 11 is 0. The Morgan fingerprint density at radius 3 is 2.17 bits per heavy atom. The first-order valence-corrected chi connectivity index (χ1v) is 10.1. The van der Waals surface area contributed by atoms with Crippen molar-refractivity contribution in [1.82, 2.24) is 0 Å². The van der Waals surface area contributed by atoms with Crippen molar-refractivity contribution < 1.29 is 22.3 Å². The summed E-state index contributed by atoms with van der Waals surface area (Å²) in [5, 5.41) is 2.61. The summed E-state index contributed by atoms with van der Waals surface area (Å²) in [5.41, 5.74) is 1.42. The topological polar surface area (TPSA) is 84.5 Å². The number of sulfonamides is 1. The van der Waals surface area contributed by atoms with Gasteiger partial charge in [0.15, 0.2) is 0 Å². The Balaban J connectivity index is 1.84. The third kappa shape index (κ3) is 4.91. The van der Waals surface area contributed by atoms with Gasteiger partial charge in [0.1, 0.15) is 11.6 Å². The number of hydrogen-bond acceptors (Lipinski definition) is 4. The van der Waals surface area contributed by atoms with E-state index in [0.717, 1.165) is 0 Å². The molecule has 0 atom stereocenters. The average molecular weight is 414 g/mol. The van der Waals surface area contributed by atoms with Gasteiger partial charge < -0.3 is 10.1 Å². The van der Waals surface area contributed by atoms with Gasteiger partial charge in [-0.2, -0.15) is 0 Å². The van der Waals surface area contributed by atoms with Crippen LogP contribution in [-0.2, 0) is 10.0 Å². The van der Waals surface area contributed by atoms with E-state index in [-0.39, 0.29) is 10.5 Å². The van der Waals surface area contributed by atoms with Gasteiger partial charge in [0.25, 0.3) is 15.9 Å². The van der Waals surface area contributed by atoms with E-state index in [1.807, 2.05) is 0 Å². The molecule has 3 aromatic carbocycles. The number of carbonyl (C=O) groups is 1. The van der Waals surface area contributed by atoms with E-state index < -0.39 is 21.7 Å². The van der Waals surface area contributed by atoms with E-state index in [0.29, 0.717) is 22.7 Å². The molecule has 3 aromatic rings. The molecule has 150 valence electrons. The Morgan fingerprint density at radius 2 is 1.55 bits per heavy atom. The van der Waals surface area contributed by atoms with Crippen LogP contribution in [0.15, 0.2) is 71.6 Å². The smallest absolute Gasteiger partial charge is 0.262 e. The van der Waals surface area contributed by atoms with Crippen LogP contribution in [0, 0.1) is 12.7 Å². The fourth-order valence-corrected chi connectivity index (χ4v) is 3.97. The number of rotatable bonds is 6. The second-order valence-electron chi connectivity index (χ2n) is 6.28. The van der Waals surface area contributed by atoms with Gasteiger partial charge in [0, 0.05) is 16.9 Å². The SMILES string of the molecule is COc1ccc(NS(=O)(=O)c2cc(C(=O)Nc3ccc(F)cc3)ccc2C)cc1. The summed E-state index contributed by atoms with van der Waals surface area (Å²) in [6.07, 6.45) is 0. The predicted molar refractivity (Wildman–Crippen MR) is 109 cm³/mol. The molecule has 0 aliphatic rings. The van der Waals surface area contributed by atoms with Crippen LogP contribution in [0.25, 0.3) is 0 Å². The predicted octanol–water partition coefficient (Wildman–Crippen LogP) is 4.20. The number of benzene rings is 3. The first-order chi connectivity index (χ1) is 13.8. The number of halogens is 1. The van der Waals surface area contributed by atoms with Crippen LogP contribution in [0.2, 0.25) is 0 Å². The van der Waals surface area contributed by atoms with Crippen molar-refractivity contribution in [1.29, 1.82) is 0 Å². The zero-order valence-electron chi connectivity index (χ0n) is 15.8. The van der Waals surface area contributed by atoms with E-state index in [2.05, 4.69) is 10.0 Å². The van der Waals surface area contributed by atoms with Gasteiger partial charge in [-0.05, 0) is 73.2 Å². The van der Waals surface area contributed by atoms with Crippen LogP contribution in [0.1, 0.15) is 15.9 Å². The zero-order chi connectivity index (χ0) is 21.0. The summed E-state index contributed by atoms with van der Waals surface area (Å²) in [6, 6.07) is 16.1.